The van der Waals surface area contributed by atoms with Crippen molar-refractivity contribution in [3.63, 3.8) is 0 Å². The van der Waals surface area contributed by atoms with Crippen LogP contribution in [0, 0.1) is 23.5 Å². The zero-order chi connectivity index (χ0) is 19.8. The molecular weight excluding hydrogens is 366 g/mol. The van der Waals surface area contributed by atoms with Crippen molar-refractivity contribution in [1.82, 2.24) is 0 Å². The van der Waals surface area contributed by atoms with Crippen molar-refractivity contribution in [3.8, 4) is 0 Å². The lowest BCUT2D eigenvalue weighted by Gasteiger charge is -2.30. The van der Waals surface area contributed by atoms with Gasteiger partial charge in [0.15, 0.2) is 24.2 Å². The van der Waals surface area contributed by atoms with Gasteiger partial charge in [-0.05, 0) is 37.8 Å². The van der Waals surface area contributed by atoms with Gasteiger partial charge in [0.1, 0.15) is 0 Å². The SMILES string of the molecule is CCCC[C@H]1CO[C@H](CCCC[C@H]2CO[C@H](c3ccc(F)c(F)c3)OC2)OC1. The molecule has 0 bridgehead atoms. The molecular formula is C22H32F2O4. The Bertz CT molecular complexity index is 582. The third-order valence-corrected chi connectivity index (χ3v) is 5.49. The van der Waals surface area contributed by atoms with Gasteiger partial charge in [-0.15, -0.1) is 0 Å². The van der Waals surface area contributed by atoms with Crippen molar-refractivity contribution in [1.29, 1.82) is 0 Å². The Hall–Kier alpha value is -1.08. The largest absolute Gasteiger partial charge is 0.352 e. The van der Waals surface area contributed by atoms with Gasteiger partial charge < -0.3 is 18.9 Å². The van der Waals surface area contributed by atoms with Gasteiger partial charge in [0.2, 0.25) is 0 Å². The summed E-state index contributed by atoms with van der Waals surface area (Å²) in [6.45, 7) is 4.98. The molecule has 2 fully saturated rings. The summed E-state index contributed by atoms with van der Waals surface area (Å²) in [5.41, 5.74) is 0.515. The smallest absolute Gasteiger partial charge is 0.183 e. The van der Waals surface area contributed by atoms with Crippen LogP contribution < -0.4 is 0 Å². The Morgan fingerprint density at radius 3 is 2.04 bits per heavy atom. The summed E-state index contributed by atoms with van der Waals surface area (Å²) >= 11 is 0. The maximum absolute atomic E-state index is 13.3. The van der Waals surface area contributed by atoms with Gasteiger partial charge >= 0.3 is 0 Å². The van der Waals surface area contributed by atoms with Gasteiger partial charge in [-0.1, -0.05) is 32.3 Å². The third-order valence-electron chi connectivity index (χ3n) is 5.49. The zero-order valence-corrected chi connectivity index (χ0v) is 16.7. The summed E-state index contributed by atoms with van der Waals surface area (Å²) in [6, 6.07) is 3.74. The van der Waals surface area contributed by atoms with E-state index < -0.39 is 17.9 Å². The molecule has 2 aliphatic heterocycles. The van der Waals surface area contributed by atoms with E-state index in [9.17, 15) is 8.78 Å². The van der Waals surface area contributed by atoms with E-state index in [0.29, 0.717) is 30.6 Å². The fourth-order valence-electron chi connectivity index (χ4n) is 3.71. The number of benzene rings is 1. The van der Waals surface area contributed by atoms with E-state index >= 15 is 0 Å². The minimum Gasteiger partial charge on any atom is -0.352 e. The van der Waals surface area contributed by atoms with Crippen LogP contribution in [-0.4, -0.2) is 32.7 Å². The zero-order valence-electron chi connectivity index (χ0n) is 16.7. The van der Waals surface area contributed by atoms with Crippen LogP contribution in [0.2, 0.25) is 0 Å². The van der Waals surface area contributed by atoms with E-state index in [1.165, 1.54) is 25.3 Å². The Morgan fingerprint density at radius 2 is 1.39 bits per heavy atom. The summed E-state index contributed by atoms with van der Waals surface area (Å²) in [4.78, 5) is 0. The molecule has 3 rings (SSSR count). The van der Waals surface area contributed by atoms with Crippen LogP contribution in [0.3, 0.4) is 0 Å². The van der Waals surface area contributed by atoms with E-state index in [1.54, 1.807) is 0 Å². The molecule has 1 aromatic rings. The lowest BCUT2D eigenvalue weighted by atomic mass is 10.0. The van der Waals surface area contributed by atoms with Crippen LogP contribution in [0.4, 0.5) is 8.78 Å². The van der Waals surface area contributed by atoms with E-state index in [0.717, 1.165) is 51.0 Å². The highest BCUT2D eigenvalue weighted by Crippen LogP contribution is 2.28. The van der Waals surface area contributed by atoms with Crippen molar-refractivity contribution in [2.45, 2.75) is 64.4 Å². The maximum Gasteiger partial charge on any atom is 0.183 e. The molecule has 0 radical (unpaired) electrons. The quantitative estimate of drug-likeness (QED) is 0.524. The third kappa shape index (κ3) is 6.48. The summed E-state index contributed by atoms with van der Waals surface area (Å²) in [7, 11) is 0. The molecule has 0 N–H and O–H groups in total. The van der Waals surface area contributed by atoms with E-state index in [4.69, 9.17) is 18.9 Å². The molecule has 2 aliphatic rings. The fourth-order valence-corrected chi connectivity index (χ4v) is 3.71. The molecule has 4 nitrogen and oxygen atoms in total. The molecule has 0 aromatic heterocycles. The maximum atomic E-state index is 13.3. The molecule has 0 unspecified atom stereocenters. The molecule has 2 saturated heterocycles. The van der Waals surface area contributed by atoms with Crippen molar-refractivity contribution in [2.24, 2.45) is 11.8 Å². The first-order valence-electron chi connectivity index (χ1n) is 10.6. The van der Waals surface area contributed by atoms with Gasteiger partial charge in [0.05, 0.1) is 26.4 Å². The molecule has 2 heterocycles. The molecule has 0 spiro atoms. The summed E-state index contributed by atoms with van der Waals surface area (Å²) in [6.07, 6.45) is 7.02. The molecule has 0 aliphatic carbocycles. The standard InChI is InChI=1S/C22H32F2O4/c1-2-3-6-16-12-25-21(26-13-16)8-5-4-7-17-14-27-22(28-15-17)18-9-10-19(23)20(24)11-18/h9-11,16-17,21-22H,2-8,12-15H2,1H3/t16-,17-,21-,22-. The van der Waals surface area contributed by atoms with E-state index in [2.05, 4.69) is 6.92 Å². The molecule has 0 atom stereocenters. The number of hydrogen-bond donors (Lipinski definition) is 0. The van der Waals surface area contributed by atoms with Gasteiger partial charge in [0, 0.05) is 17.4 Å². The normalized spacial score (nSPS) is 28.4. The van der Waals surface area contributed by atoms with Crippen LogP contribution >= 0.6 is 0 Å². The molecule has 1 aromatic carbocycles. The van der Waals surface area contributed by atoms with Crippen LogP contribution in [0.25, 0.3) is 0 Å². The molecule has 6 heteroatoms. The first kappa shape index (κ1) is 21.6. The highest BCUT2D eigenvalue weighted by Gasteiger charge is 2.25. The van der Waals surface area contributed by atoms with Crippen molar-refractivity contribution in [3.05, 3.63) is 35.4 Å². The number of ether oxygens (including phenoxy) is 4. The Labute approximate surface area is 166 Å². The predicted octanol–water partition coefficient (Wildman–Crippen LogP) is 5.37. The lowest BCUT2D eigenvalue weighted by Crippen LogP contribution is -2.32. The molecule has 0 amide bonds. The van der Waals surface area contributed by atoms with Crippen LogP contribution in [0.1, 0.15) is 63.7 Å². The average molecular weight is 398 g/mol. The molecule has 158 valence electrons. The van der Waals surface area contributed by atoms with E-state index in [1.807, 2.05) is 0 Å². The van der Waals surface area contributed by atoms with E-state index in [-0.39, 0.29) is 6.29 Å². The Balaban J connectivity index is 1.26. The second-order valence-electron chi connectivity index (χ2n) is 7.93. The van der Waals surface area contributed by atoms with Crippen LogP contribution in [0.15, 0.2) is 18.2 Å². The monoisotopic (exact) mass is 398 g/mol. The predicted molar refractivity (Wildman–Crippen MR) is 102 cm³/mol. The van der Waals surface area contributed by atoms with Gasteiger partial charge in [-0.3, -0.25) is 0 Å². The van der Waals surface area contributed by atoms with Crippen LogP contribution in [-0.2, 0) is 18.9 Å². The second-order valence-corrected chi connectivity index (χ2v) is 7.93. The minimum atomic E-state index is -0.879. The summed E-state index contributed by atoms with van der Waals surface area (Å²) in [5.74, 6) is -0.862. The van der Waals surface area contributed by atoms with Gasteiger partial charge in [-0.25, -0.2) is 8.78 Å². The first-order chi connectivity index (χ1) is 13.7. The average Bonchev–Trinajstić information content (AvgIpc) is 2.73. The first-order valence-corrected chi connectivity index (χ1v) is 10.6. The summed E-state index contributed by atoms with van der Waals surface area (Å²) < 4.78 is 49.4. The second kappa shape index (κ2) is 11.2. The topological polar surface area (TPSA) is 36.9 Å². The number of hydrogen-bond acceptors (Lipinski definition) is 4. The van der Waals surface area contributed by atoms with Crippen molar-refractivity contribution in [2.75, 3.05) is 26.4 Å². The van der Waals surface area contributed by atoms with Gasteiger partial charge in [0.25, 0.3) is 0 Å². The highest BCUT2D eigenvalue weighted by atomic mass is 19.2. The molecule has 28 heavy (non-hydrogen) atoms. The van der Waals surface area contributed by atoms with Crippen LogP contribution in [0.5, 0.6) is 0 Å². The Kier molecular flexibility index (Phi) is 8.65. The number of halogens is 2. The van der Waals surface area contributed by atoms with Crippen molar-refractivity contribution >= 4 is 0 Å². The van der Waals surface area contributed by atoms with Crippen molar-refractivity contribution < 1.29 is 27.7 Å². The lowest BCUT2D eigenvalue weighted by molar-refractivity contribution is -0.208. The Morgan fingerprint density at radius 1 is 0.786 bits per heavy atom. The number of rotatable bonds is 9. The minimum absolute atomic E-state index is 0.0607. The highest BCUT2D eigenvalue weighted by molar-refractivity contribution is 5.19. The summed E-state index contributed by atoms with van der Waals surface area (Å²) in [5, 5.41) is 0. The fraction of sp³-hybridized carbons (Fsp3) is 0.727. The van der Waals surface area contributed by atoms with Gasteiger partial charge in [-0.2, -0.15) is 0 Å². The molecule has 0 saturated carbocycles. The number of unbranched alkanes of at least 4 members (excludes halogenated alkanes) is 2.